The number of nitrogen functional groups attached to an aromatic ring is 1. The molecule has 2 amide bonds. The van der Waals surface area contributed by atoms with E-state index < -0.39 is 11.8 Å². The fourth-order valence-corrected chi connectivity index (χ4v) is 2.43. The van der Waals surface area contributed by atoms with Crippen LogP contribution in [0.15, 0.2) is 42.6 Å². The van der Waals surface area contributed by atoms with Crippen molar-refractivity contribution in [3.63, 3.8) is 0 Å². The van der Waals surface area contributed by atoms with Crippen LogP contribution in [0.2, 0.25) is 10.0 Å². The number of carbonyl (C=O) groups excluding carboxylic acids is 1. The molecule has 5 N–H and O–H groups in total. The molecule has 2 aromatic carbocycles. The van der Waals surface area contributed by atoms with Crippen LogP contribution in [0.5, 0.6) is 0 Å². The van der Waals surface area contributed by atoms with E-state index >= 15 is 0 Å². The normalized spacial score (nSPS) is 10.5. The number of anilines is 3. The number of H-pyrrole nitrogens is 1. The van der Waals surface area contributed by atoms with Crippen molar-refractivity contribution in [2.24, 2.45) is 0 Å². The second-order valence-corrected chi connectivity index (χ2v) is 5.90. The van der Waals surface area contributed by atoms with E-state index in [4.69, 9.17) is 28.9 Å². The van der Waals surface area contributed by atoms with E-state index in [0.29, 0.717) is 27.0 Å². The minimum atomic E-state index is -0.626. The quantitative estimate of drug-likeness (QED) is 0.528. The van der Waals surface area contributed by atoms with Crippen molar-refractivity contribution in [1.82, 2.24) is 9.97 Å². The molecule has 6 nitrogen and oxygen atoms in total. The molecule has 0 bridgehead atoms. The van der Waals surface area contributed by atoms with Gasteiger partial charge in [-0.25, -0.2) is 14.2 Å². The van der Waals surface area contributed by atoms with Crippen molar-refractivity contribution < 1.29 is 9.18 Å². The number of hydrogen-bond donors (Lipinski definition) is 4. The molecule has 0 atom stereocenters. The first-order chi connectivity index (χ1) is 11.9. The summed E-state index contributed by atoms with van der Waals surface area (Å²) in [6.07, 6.45) is 1.52. The summed E-state index contributed by atoms with van der Waals surface area (Å²) in [7, 11) is 0. The molecule has 3 aromatic rings. The lowest BCUT2D eigenvalue weighted by molar-refractivity contribution is 0.262. The van der Waals surface area contributed by atoms with Crippen LogP contribution in [-0.4, -0.2) is 16.0 Å². The third-order valence-corrected chi connectivity index (χ3v) is 4.04. The second-order valence-electron chi connectivity index (χ2n) is 5.08. The molecular weight excluding hydrogens is 368 g/mol. The molecule has 128 valence electrons. The number of aromatic nitrogens is 2. The molecule has 0 spiro atoms. The summed E-state index contributed by atoms with van der Waals surface area (Å²) in [5.41, 5.74) is 7.18. The predicted octanol–water partition coefficient (Wildman–Crippen LogP) is 4.75. The zero-order valence-corrected chi connectivity index (χ0v) is 14.1. The first-order valence-corrected chi connectivity index (χ1v) is 7.81. The lowest BCUT2D eigenvalue weighted by Gasteiger charge is -2.10. The summed E-state index contributed by atoms with van der Waals surface area (Å²) >= 11 is 11.7. The van der Waals surface area contributed by atoms with Crippen LogP contribution in [0.25, 0.3) is 11.3 Å². The maximum Gasteiger partial charge on any atom is 0.323 e. The van der Waals surface area contributed by atoms with Crippen LogP contribution in [0.1, 0.15) is 0 Å². The number of carbonyl (C=O) groups is 1. The number of nitrogens with one attached hydrogen (secondary N) is 3. The van der Waals surface area contributed by atoms with E-state index in [1.165, 1.54) is 24.4 Å². The van der Waals surface area contributed by atoms with Crippen molar-refractivity contribution in [2.45, 2.75) is 0 Å². The fraction of sp³-hybridized carbons (Fsp3) is 0. The Morgan fingerprint density at radius 2 is 1.92 bits per heavy atom. The molecule has 0 fully saturated rings. The summed E-state index contributed by atoms with van der Waals surface area (Å²) in [6, 6.07) is 8.24. The molecule has 1 aromatic heterocycles. The van der Waals surface area contributed by atoms with Crippen LogP contribution in [0.4, 0.5) is 26.5 Å². The summed E-state index contributed by atoms with van der Waals surface area (Å²) < 4.78 is 14.0. The van der Waals surface area contributed by atoms with E-state index in [9.17, 15) is 9.18 Å². The number of benzene rings is 2. The van der Waals surface area contributed by atoms with Gasteiger partial charge in [0.1, 0.15) is 5.82 Å². The van der Waals surface area contributed by atoms with Gasteiger partial charge in [-0.1, -0.05) is 23.2 Å². The topological polar surface area (TPSA) is 95.8 Å². The van der Waals surface area contributed by atoms with Crippen molar-refractivity contribution in [2.75, 3.05) is 16.4 Å². The van der Waals surface area contributed by atoms with Gasteiger partial charge >= 0.3 is 6.03 Å². The summed E-state index contributed by atoms with van der Waals surface area (Å²) in [6.45, 7) is 0. The highest BCUT2D eigenvalue weighted by molar-refractivity contribution is 6.42. The van der Waals surface area contributed by atoms with Crippen molar-refractivity contribution >= 4 is 46.6 Å². The van der Waals surface area contributed by atoms with Gasteiger partial charge in [0.15, 0.2) is 5.95 Å². The molecule has 0 saturated heterocycles. The summed E-state index contributed by atoms with van der Waals surface area (Å²) in [5, 5.41) is 5.65. The third kappa shape index (κ3) is 4.01. The van der Waals surface area contributed by atoms with Crippen molar-refractivity contribution in [3.8, 4) is 11.3 Å². The standard InChI is InChI=1S/C16H12Cl2FN5O/c17-10-3-2-9(6-11(10)18)22-16(25)24-13-5-8(1-4-12(13)19)14-7-21-15(20)23-14/h1-7H,(H3,20,21,23)(H2,22,24,25). The molecule has 3 rings (SSSR count). The first-order valence-electron chi connectivity index (χ1n) is 7.06. The molecule has 0 radical (unpaired) electrons. The van der Waals surface area contributed by atoms with Crippen LogP contribution in [0.3, 0.4) is 0 Å². The summed E-state index contributed by atoms with van der Waals surface area (Å²) in [4.78, 5) is 18.8. The Morgan fingerprint density at radius 3 is 2.60 bits per heavy atom. The number of imidazole rings is 1. The van der Waals surface area contributed by atoms with Gasteiger partial charge in [0.25, 0.3) is 0 Å². The second kappa shape index (κ2) is 7.00. The predicted molar refractivity (Wildman–Crippen MR) is 97.5 cm³/mol. The number of urea groups is 1. The third-order valence-electron chi connectivity index (χ3n) is 3.30. The Balaban J connectivity index is 1.77. The van der Waals surface area contributed by atoms with E-state index in [1.54, 1.807) is 18.2 Å². The minimum absolute atomic E-state index is 0.00299. The maximum atomic E-state index is 14.0. The molecular formula is C16H12Cl2FN5O. The van der Waals surface area contributed by atoms with Crippen LogP contribution >= 0.6 is 23.2 Å². The highest BCUT2D eigenvalue weighted by atomic mass is 35.5. The Labute approximate surface area is 152 Å². The number of amides is 2. The lowest BCUT2D eigenvalue weighted by atomic mass is 10.1. The van der Waals surface area contributed by atoms with Crippen LogP contribution < -0.4 is 16.4 Å². The first kappa shape index (κ1) is 17.1. The molecule has 0 aliphatic heterocycles. The highest BCUT2D eigenvalue weighted by Gasteiger charge is 2.11. The smallest absolute Gasteiger partial charge is 0.323 e. The SMILES string of the molecule is Nc1ncc(-c2ccc(F)c(NC(=O)Nc3ccc(Cl)c(Cl)c3)c2)[nH]1. The zero-order chi connectivity index (χ0) is 18.0. The Bertz CT molecular complexity index is 944. The molecule has 1 heterocycles. The van der Waals surface area contributed by atoms with Crippen molar-refractivity contribution in [3.05, 3.63) is 58.5 Å². The molecule has 0 saturated carbocycles. The monoisotopic (exact) mass is 379 g/mol. The Hall–Kier alpha value is -2.77. The number of rotatable bonds is 3. The molecule has 0 aliphatic carbocycles. The van der Waals surface area contributed by atoms with E-state index in [0.717, 1.165) is 0 Å². The zero-order valence-electron chi connectivity index (χ0n) is 12.6. The van der Waals surface area contributed by atoms with Gasteiger partial charge in [-0.15, -0.1) is 0 Å². The Kier molecular flexibility index (Phi) is 4.78. The van der Waals surface area contributed by atoms with Crippen LogP contribution in [-0.2, 0) is 0 Å². The van der Waals surface area contributed by atoms with Gasteiger partial charge in [-0.05, 0) is 36.4 Å². The fourth-order valence-electron chi connectivity index (χ4n) is 2.13. The van der Waals surface area contributed by atoms with E-state index in [1.807, 2.05) is 0 Å². The molecule has 0 aliphatic rings. The average Bonchev–Trinajstić information content (AvgIpc) is 2.99. The van der Waals surface area contributed by atoms with Gasteiger partial charge in [-0.2, -0.15) is 0 Å². The van der Waals surface area contributed by atoms with Crippen molar-refractivity contribution in [1.29, 1.82) is 0 Å². The summed E-state index contributed by atoms with van der Waals surface area (Å²) in [5.74, 6) is -0.341. The largest absolute Gasteiger partial charge is 0.369 e. The number of aromatic amines is 1. The van der Waals surface area contributed by atoms with E-state index in [2.05, 4.69) is 20.6 Å². The molecule has 9 heteroatoms. The molecule has 25 heavy (non-hydrogen) atoms. The van der Waals surface area contributed by atoms with Gasteiger partial charge in [-0.3, -0.25) is 0 Å². The van der Waals surface area contributed by atoms with Gasteiger partial charge in [0.2, 0.25) is 0 Å². The number of nitrogens with zero attached hydrogens (tertiary/aromatic N) is 1. The maximum absolute atomic E-state index is 14.0. The number of hydrogen-bond acceptors (Lipinski definition) is 3. The van der Waals surface area contributed by atoms with Crippen LogP contribution in [0, 0.1) is 5.82 Å². The van der Waals surface area contributed by atoms with Gasteiger partial charge in [0, 0.05) is 11.3 Å². The number of nitrogens with two attached hydrogens (primary N) is 1. The molecule has 0 unspecified atom stereocenters. The van der Waals surface area contributed by atoms with Gasteiger partial charge < -0.3 is 21.4 Å². The lowest BCUT2D eigenvalue weighted by Crippen LogP contribution is -2.20. The van der Waals surface area contributed by atoms with E-state index in [-0.39, 0.29) is 11.6 Å². The average molecular weight is 380 g/mol. The van der Waals surface area contributed by atoms with Gasteiger partial charge in [0.05, 0.1) is 27.6 Å². The Morgan fingerprint density at radius 1 is 1.12 bits per heavy atom. The number of halogens is 3. The minimum Gasteiger partial charge on any atom is -0.369 e. The highest BCUT2D eigenvalue weighted by Crippen LogP contribution is 2.26.